The van der Waals surface area contributed by atoms with E-state index >= 15 is 0 Å². The van der Waals surface area contributed by atoms with Gasteiger partial charge in [-0.3, -0.25) is 0 Å². The van der Waals surface area contributed by atoms with Crippen LogP contribution in [0.3, 0.4) is 0 Å². The summed E-state index contributed by atoms with van der Waals surface area (Å²) >= 11 is 0. The summed E-state index contributed by atoms with van der Waals surface area (Å²) in [6.07, 6.45) is 0. The first-order valence-corrected chi connectivity index (χ1v) is 7.65. The van der Waals surface area contributed by atoms with Crippen LogP contribution in [0.2, 0.25) is 0 Å². The topological polar surface area (TPSA) is 0 Å². The van der Waals surface area contributed by atoms with Crippen LogP contribution in [-0.4, -0.2) is 0 Å². The summed E-state index contributed by atoms with van der Waals surface area (Å²) in [5.74, 6) is 0. The molecule has 0 fully saturated rings. The Hall–Kier alpha value is -1.13. The highest BCUT2D eigenvalue weighted by Crippen LogP contribution is 2.22. The normalized spacial score (nSPS) is 10.8. The zero-order valence-electron chi connectivity index (χ0n) is 12.8. The fourth-order valence-electron chi connectivity index (χ4n) is 2.81. The van der Waals surface area contributed by atoms with E-state index in [9.17, 15) is 0 Å². The van der Waals surface area contributed by atoms with Crippen LogP contribution in [0.5, 0.6) is 0 Å². The largest absolute Gasteiger partial charge is 0.471 e. The van der Waals surface area contributed by atoms with Gasteiger partial charge in [-0.25, -0.2) is 0 Å². The first kappa shape index (κ1) is 14.3. The van der Waals surface area contributed by atoms with Crippen LogP contribution in [0, 0.1) is 41.5 Å². The molecule has 0 heterocycles. The van der Waals surface area contributed by atoms with E-state index in [0.717, 1.165) is 0 Å². The van der Waals surface area contributed by atoms with Crippen molar-refractivity contribution in [2.45, 2.75) is 41.5 Å². The highest BCUT2D eigenvalue weighted by Gasteiger charge is 1.99. The Morgan fingerprint density at radius 1 is 0.526 bits per heavy atom. The predicted molar refractivity (Wildman–Crippen MR) is 87.5 cm³/mol. The lowest BCUT2D eigenvalue weighted by atomic mass is 10.1. The molecule has 0 aliphatic carbocycles. The standard InChI is InChI=1S/C18H22P/c1-11-7-13(3)17(14(4)8-11)19-18-15(5)9-12(2)10-16(18)6/h7-10H,1-6H3/q-1. The van der Waals surface area contributed by atoms with Crippen molar-refractivity contribution in [1.29, 1.82) is 0 Å². The molecular weight excluding hydrogens is 247 g/mol. The van der Waals surface area contributed by atoms with Crippen molar-refractivity contribution in [3.05, 3.63) is 57.6 Å². The Balaban J connectivity index is 2.48. The van der Waals surface area contributed by atoms with E-state index in [4.69, 9.17) is 0 Å². The lowest BCUT2D eigenvalue weighted by Crippen LogP contribution is -2.15. The van der Waals surface area contributed by atoms with Gasteiger partial charge in [-0.05, 0) is 41.5 Å². The maximum atomic E-state index is 2.29. The van der Waals surface area contributed by atoms with E-state index in [1.165, 1.54) is 52.6 Å². The minimum atomic E-state index is 1.34. The fourth-order valence-corrected chi connectivity index (χ4v) is 4.00. The third-order valence-electron chi connectivity index (χ3n) is 3.49. The molecule has 0 unspecified atom stereocenters. The Bertz CT molecular complexity index is 522. The molecule has 0 bridgehead atoms. The van der Waals surface area contributed by atoms with Gasteiger partial charge in [-0.2, -0.15) is 10.6 Å². The van der Waals surface area contributed by atoms with Gasteiger partial charge in [-0.1, -0.05) is 57.6 Å². The molecular formula is C18H22P-. The Morgan fingerprint density at radius 3 is 1.05 bits per heavy atom. The first-order valence-electron chi connectivity index (χ1n) is 6.76. The van der Waals surface area contributed by atoms with Crippen LogP contribution in [0.15, 0.2) is 24.3 Å². The van der Waals surface area contributed by atoms with E-state index < -0.39 is 0 Å². The molecule has 0 saturated carbocycles. The predicted octanol–water partition coefficient (Wildman–Crippen LogP) is 4.43. The van der Waals surface area contributed by atoms with Gasteiger partial charge in [0.1, 0.15) is 0 Å². The summed E-state index contributed by atoms with van der Waals surface area (Å²) in [6, 6.07) is 9.14. The fraction of sp³-hybridized carbons (Fsp3) is 0.333. The molecule has 0 amide bonds. The first-order chi connectivity index (χ1) is 8.88. The summed E-state index contributed by atoms with van der Waals surface area (Å²) < 4.78 is 0. The Labute approximate surface area is 119 Å². The van der Waals surface area contributed by atoms with Crippen LogP contribution in [0.4, 0.5) is 0 Å². The van der Waals surface area contributed by atoms with E-state index in [2.05, 4.69) is 65.8 Å². The highest BCUT2D eigenvalue weighted by molar-refractivity contribution is 7.56. The van der Waals surface area contributed by atoms with E-state index in [-0.39, 0.29) is 0 Å². The third kappa shape index (κ3) is 3.07. The number of hydrogen-bond acceptors (Lipinski definition) is 0. The Morgan fingerprint density at radius 2 is 0.789 bits per heavy atom. The van der Waals surface area contributed by atoms with Gasteiger partial charge in [-0.15, -0.1) is 0 Å². The van der Waals surface area contributed by atoms with Crippen molar-refractivity contribution in [3.8, 4) is 0 Å². The van der Waals surface area contributed by atoms with Crippen molar-refractivity contribution >= 4 is 19.2 Å². The summed E-state index contributed by atoms with van der Waals surface area (Å²) in [5.41, 5.74) is 8.31. The van der Waals surface area contributed by atoms with Crippen LogP contribution in [0.25, 0.3) is 0 Å². The molecule has 2 aromatic rings. The molecule has 19 heavy (non-hydrogen) atoms. The monoisotopic (exact) mass is 269 g/mol. The van der Waals surface area contributed by atoms with Crippen LogP contribution < -0.4 is 10.6 Å². The molecule has 0 atom stereocenters. The molecule has 2 aromatic carbocycles. The van der Waals surface area contributed by atoms with Crippen LogP contribution in [-0.2, 0) is 0 Å². The zero-order chi connectivity index (χ0) is 14.2. The summed E-state index contributed by atoms with van der Waals surface area (Å²) in [6.45, 7) is 13.2. The molecule has 0 spiro atoms. The number of benzene rings is 2. The number of rotatable bonds is 2. The minimum Gasteiger partial charge on any atom is -0.471 e. The maximum Gasteiger partial charge on any atom is -0.0398 e. The number of hydrogen-bond donors (Lipinski definition) is 0. The molecule has 0 saturated heterocycles. The third-order valence-corrected chi connectivity index (χ3v) is 5.35. The molecule has 0 aromatic heterocycles. The molecule has 0 aliphatic heterocycles. The van der Waals surface area contributed by atoms with Crippen LogP contribution >= 0.6 is 8.58 Å². The van der Waals surface area contributed by atoms with Crippen molar-refractivity contribution in [1.82, 2.24) is 0 Å². The molecule has 2 rings (SSSR count). The van der Waals surface area contributed by atoms with Gasteiger partial charge in [0.25, 0.3) is 0 Å². The van der Waals surface area contributed by atoms with E-state index in [1.807, 2.05) is 0 Å². The summed E-state index contributed by atoms with van der Waals surface area (Å²) in [7, 11) is 1.34. The van der Waals surface area contributed by atoms with Gasteiger partial charge < -0.3 is 8.58 Å². The average molecular weight is 269 g/mol. The maximum absolute atomic E-state index is 2.29. The van der Waals surface area contributed by atoms with Crippen LogP contribution in [0.1, 0.15) is 33.4 Å². The summed E-state index contributed by atoms with van der Waals surface area (Å²) in [4.78, 5) is 0. The van der Waals surface area contributed by atoms with Crippen molar-refractivity contribution in [2.75, 3.05) is 0 Å². The van der Waals surface area contributed by atoms with E-state index in [1.54, 1.807) is 0 Å². The van der Waals surface area contributed by atoms with Crippen molar-refractivity contribution in [3.63, 3.8) is 0 Å². The Kier molecular flexibility index (Phi) is 4.11. The molecule has 0 radical (unpaired) electrons. The second-order valence-corrected chi connectivity index (χ2v) is 6.72. The second kappa shape index (κ2) is 5.47. The van der Waals surface area contributed by atoms with Gasteiger partial charge in [0, 0.05) is 0 Å². The lowest BCUT2D eigenvalue weighted by Gasteiger charge is -2.29. The minimum absolute atomic E-state index is 1.34. The average Bonchev–Trinajstić information content (AvgIpc) is 2.25. The number of aryl methyl sites for hydroxylation is 6. The summed E-state index contributed by atoms with van der Waals surface area (Å²) in [5, 5.41) is 2.92. The molecule has 0 N–H and O–H groups in total. The van der Waals surface area contributed by atoms with Gasteiger partial charge >= 0.3 is 0 Å². The smallest absolute Gasteiger partial charge is 0.0398 e. The zero-order valence-corrected chi connectivity index (χ0v) is 13.7. The quantitative estimate of drug-likeness (QED) is 0.707. The lowest BCUT2D eigenvalue weighted by molar-refractivity contribution is 1.35. The molecule has 1 heteroatoms. The molecule has 0 nitrogen and oxygen atoms in total. The highest BCUT2D eigenvalue weighted by atomic mass is 31.1. The van der Waals surface area contributed by atoms with Crippen molar-refractivity contribution < 1.29 is 0 Å². The molecule has 100 valence electrons. The van der Waals surface area contributed by atoms with Gasteiger partial charge in [0.15, 0.2) is 0 Å². The van der Waals surface area contributed by atoms with Gasteiger partial charge in [0.2, 0.25) is 0 Å². The van der Waals surface area contributed by atoms with Crippen molar-refractivity contribution in [2.24, 2.45) is 0 Å². The SMILES string of the molecule is Cc1cc(C)c([P-]c2c(C)cc(C)cc2C)c(C)c1. The molecule has 0 aliphatic rings. The second-order valence-electron chi connectivity index (χ2n) is 5.61. The van der Waals surface area contributed by atoms with Gasteiger partial charge in [0.05, 0.1) is 0 Å². The van der Waals surface area contributed by atoms with E-state index in [0.29, 0.717) is 0 Å².